The van der Waals surface area contributed by atoms with Crippen LogP contribution in [0, 0.1) is 87.3 Å². The zero-order chi connectivity index (χ0) is 38.8. The summed E-state index contributed by atoms with van der Waals surface area (Å²) < 4.78 is 4.99. The van der Waals surface area contributed by atoms with Crippen LogP contribution in [0.2, 0.25) is 0 Å². The molecule has 0 aromatic carbocycles. The summed E-state index contributed by atoms with van der Waals surface area (Å²) in [6, 6.07) is 0.637. The van der Waals surface area contributed by atoms with E-state index in [1.165, 1.54) is 32.8 Å². The van der Waals surface area contributed by atoms with Crippen LogP contribution in [0.15, 0.2) is 0 Å². The van der Waals surface area contributed by atoms with Crippen molar-refractivity contribution < 1.29 is 44.0 Å². The van der Waals surface area contributed by atoms with Crippen molar-refractivity contribution in [3.63, 3.8) is 0 Å². The first-order valence-corrected chi connectivity index (χ1v) is 21.9. The van der Waals surface area contributed by atoms with Crippen molar-refractivity contribution in [1.29, 1.82) is 0 Å². The topological polar surface area (TPSA) is 207 Å². The van der Waals surface area contributed by atoms with Crippen LogP contribution >= 0.6 is 0 Å². The highest BCUT2D eigenvalue weighted by Gasteiger charge is 2.61. The smallest absolute Gasteiger partial charge is 0.311 e. The lowest BCUT2D eigenvalue weighted by Gasteiger charge is -2.57. The molecule has 7 N–H and O–H groups in total. The monoisotopic (exact) mass is 764 g/mol. The fourth-order valence-electron chi connectivity index (χ4n) is 16.6. The predicted molar refractivity (Wildman–Crippen MR) is 200 cm³/mol. The van der Waals surface area contributed by atoms with Gasteiger partial charge in [0.25, 0.3) is 0 Å². The normalized spacial score (nSPS) is 53.1. The average Bonchev–Trinajstić information content (AvgIpc) is 3.12. The first-order chi connectivity index (χ1) is 26.0. The number of esters is 1. The molecule has 0 heterocycles. The molecule has 16 rings (SSSR count). The number of carbonyl (C=O) groups is 5. The molecule has 55 heavy (non-hydrogen) atoms. The highest BCUT2D eigenvalue weighted by atomic mass is 16.5. The molecule has 16 aliphatic rings. The second-order valence-electron chi connectivity index (χ2n) is 21.8. The van der Waals surface area contributed by atoms with Crippen LogP contribution in [0.3, 0.4) is 0 Å². The van der Waals surface area contributed by atoms with E-state index in [2.05, 4.69) is 0 Å². The Kier molecular flexibility index (Phi) is 9.25. The van der Waals surface area contributed by atoms with Crippen molar-refractivity contribution >= 4 is 29.5 Å². The van der Waals surface area contributed by atoms with Gasteiger partial charge in [0.2, 0.25) is 0 Å². The zero-order valence-electron chi connectivity index (χ0n) is 32.7. The highest BCUT2D eigenvalue weighted by molar-refractivity contribution is 5.89. The van der Waals surface area contributed by atoms with Crippen molar-refractivity contribution in [3.8, 4) is 0 Å². The summed E-state index contributed by atoms with van der Waals surface area (Å²) in [5.41, 5.74) is 10.9. The minimum Gasteiger partial charge on any atom is -0.481 e. The number of hydrogen-bond acceptors (Lipinski definition) is 9. The van der Waals surface area contributed by atoms with Crippen LogP contribution in [-0.4, -0.2) is 69.6 Å². The number of aliphatic carboxylic acids is 2. The van der Waals surface area contributed by atoms with E-state index >= 15 is 0 Å². The first kappa shape index (κ1) is 38.2. The van der Waals surface area contributed by atoms with Crippen LogP contribution in [0.5, 0.6) is 0 Å². The number of carboxylic acids is 2. The van der Waals surface area contributed by atoms with E-state index < -0.39 is 23.0 Å². The van der Waals surface area contributed by atoms with Crippen molar-refractivity contribution in [1.82, 2.24) is 0 Å². The number of ketones is 2. The average molecular weight is 765 g/mol. The summed E-state index contributed by atoms with van der Waals surface area (Å²) in [4.78, 5) is 57.8. The Hall–Kier alpha value is -2.37. The minimum atomic E-state index is -0.663. The van der Waals surface area contributed by atoms with Crippen LogP contribution in [0.1, 0.15) is 128 Å². The van der Waals surface area contributed by atoms with Crippen molar-refractivity contribution in [2.75, 3.05) is 7.11 Å². The van der Waals surface area contributed by atoms with Crippen molar-refractivity contribution in [2.45, 2.75) is 146 Å². The van der Waals surface area contributed by atoms with E-state index in [-0.39, 0.29) is 40.5 Å². The fourth-order valence-corrected chi connectivity index (χ4v) is 16.6. The minimum absolute atomic E-state index is 0.0220. The molecule has 0 aliphatic heterocycles. The molecule has 16 fully saturated rings. The molecule has 8 unspecified atom stereocenters. The molecule has 0 amide bonds. The molecule has 11 heteroatoms. The Bertz CT molecular complexity index is 1560. The van der Waals surface area contributed by atoms with E-state index in [1.807, 2.05) is 0 Å². The van der Waals surface area contributed by atoms with Gasteiger partial charge in [-0.1, -0.05) is 0 Å². The zero-order valence-corrected chi connectivity index (χ0v) is 32.7. The van der Waals surface area contributed by atoms with E-state index in [4.69, 9.17) is 16.2 Å². The van der Waals surface area contributed by atoms with Crippen LogP contribution in [0.4, 0.5) is 0 Å². The third-order valence-corrected chi connectivity index (χ3v) is 18.2. The van der Waals surface area contributed by atoms with E-state index in [0.717, 1.165) is 95.8 Å². The van der Waals surface area contributed by atoms with Gasteiger partial charge in [-0.3, -0.25) is 24.0 Å². The van der Waals surface area contributed by atoms with Gasteiger partial charge in [0, 0.05) is 35.8 Å². The number of nitrogens with two attached hydrogens (primary N) is 2. The molecule has 304 valence electrons. The number of carboxylic acid groups (broad SMARTS) is 2. The van der Waals surface area contributed by atoms with Crippen molar-refractivity contribution in [3.05, 3.63) is 0 Å². The highest BCUT2D eigenvalue weighted by Crippen LogP contribution is 2.62. The van der Waals surface area contributed by atoms with Gasteiger partial charge < -0.3 is 31.5 Å². The maximum Gasteiger partial charge on any atom is 0.311 e. The molecular weight excluding hydrogens is 700 g/mol. The summed E-state index contributed by atoms with van der Waals surface area (Å²) >= 11 is 0. The van der Waals surface area contributed by atoms with E-state index in [1.54, 1.807) is 0 Å². The third-order valence-electron chi connectivity index (χ3n) is 18.2. The molecule has 0 aromatic heterocycles. The van der Waals surface area contributed by atoms with Gasteiger partial charge >= 0.3 is 17.9 Å². The Morgan fingerprint density at radius 3 is 1.22 bits per heavy atom. The van der Waals surface area contributed by atoms with Crippen molar-refractivity contribution in [2.24, 2.45) is 98.7 Å². The molecule has 0 spiro atoms. The molecule has 11 nitrogen and oxygen atoms in total. The maximum absolute atomic E-state index is 11.9. The van der Waals surface area contributed by atoms with Gasteiger partial charge in [0.15, 0.2) is 0 Å². The Morgan fingerprint density at radius 1 is 0.509 bits per heavy atom. The Labute approximate surface area is 324 Å². The molecule has 8 atom stereocenters. The first-order valence-electron chi connectivity index (χ1n) is 21.9. The van der Waals surface area contributed by atoms with Crippen LogP contribution < -0.4 is 11.5 Å². The molecule has 0 aromatic rings. The van der Waals surface area contributed by atoms with Gasteiger partial charge in [0.1, 0.15) is 11.6 Å². The summed E-state index contributed by atoms with van der Waals surface area (Å²) in [6.07, 6.45) is 19.1. The maximum atomic E-state index is 11.9. The second kappa shape index (κ2) is 13.3. The summed E-state index contributed by atoms with van der Waals surface area (Å²) in [7, 11) is 1.51. The number of carbonyl (C=O) groups excluding carboxylic acids is 3. The molecule has 16 saturated carbocycles. The van der Waals surface area contributed by atoms with Gasteiger partial charge in [0.05, 0.1) is 29.0 Å². The number of rotatable bonds is 3. The number of methoxy groups -OCH3 is 1. The van der Waals surface area contributed by atoms with Gasteiger partial charge in [-0.15, -0.1) is 0 Å². The predicted octanol–water partition coefficient (Wildman–Crippen LogP) is 5.13. The summed E-state index contributed by atoms with van der Waals surface area (Å²) in [5.74, 6) is 4.93. The SMILES string of the molecule is COC(=O)C12CC3CC(C1)C(N)C(C3)C2.NC1C2CC3CC1CC(C(=O)O)(C3)C2.O=C1C2CC3CC1CC(C(=O)O)(C3)C2.O=C1C2CC3CC1CC(O)(C3)C2. The molecule has 16 aliphatic carbocycles. The lowest BCUT2D eigenvalue weighted by molar-refractivity contribution is -0.170. The summed E-state index contributed by atoms with van der Waals surface area (Å²) in [6.45, 7) is 0. The van der Waals surface area contributed by atoms with E-state index in [0.29, 0.717) is 77.9 Å². The molecule has 0 saturated heterocycles. The number of aliphatic hydroxyl groups is 1. The van der Waals surface area contributed by atoms with Gasteiger partial charge in [-0.25, -0.2) is 0 Å². The van der Waals surface area contributed by atoms with Crippen LogP contribution in [-0.2, 0) is 28.7 Å². The van der Waals surface area contributed by atoms with Gasteiger partial charge in [-0.05, 0) is 176 Å². The number of ether oxygens (including phenoxy) is 1. The lowest BCUT2D eigenvalue weighted by Crippen LogP contribution is -2.59. The third kappa shape index (κ3) is 6.34. The number of hydrogen-bond donors (Lipinski definition) is 5. The largest absolute Gasteiger partial charge is 0.481 e. The second-order valence-corrected chi connectivity index (χ2v) is 21.8. The fraction of sp³-hybridized carbons (Fsp3) is 0.886. The Morgan fingerprint density at radius 2 is 0.836 bits per heavy atom. The number of Topliss-reactive ketones (excluding diaryl/α,β-unsaturated/α-hetero) is 2. The molecular formula is C44H64N2O9. The standard InChI is InChI=1S/C12H19NO2.C11H17NO2.C11H14O3.C10H14O2/c1-15-11(14)12-4-7-2-8(5-12)10(13)9(3-7)6-12;2*12-9-7-1-6-2-8(9)5-11(3-6,4-7)10(13)14;11-9-7-1-6-2-8(9)5-10(12,3-6)4-7/h7-10H,2-6,13H2,1H3;6-9H,1-5,12H2,(H,13,14);6-8H,1-5H2,(H,13,14);6-8,12H,1-5H2. The quantitative estimate of drug-likeness (QED) is 0.238. The summed E-state index contributed by atoms with van der Waals surface area (Å²) in [5, 5.41) is 28.6. The molecule has 0 radical (unpaired) electrons. The molecule has 16 bridgehead atoms. The van der Waals surface area contributed by atoms with Gasteiger partial charge in [-0.2, -0.15) is 0 Å². The Balaban J connectivity index is 0.0000000965. The lowest BCUT2D eigenvalue weighted by atomic mass is 9.48. The van der Waals surface area contributed by atoms with Crippen LogP contribution in [0.25, 0.3) is 0 Å². The van der Waals surface area contributed by atoms with E-state index in [9.17, 15) is 39.3 Å².